The third-order valence-corrected chi connectivity index (χ3v) is 3.75. The normalized spacial score (nSPS) is 15.7. The number of aryl methyl sites for hydroxylation is 1. The van der Waals surface area contributed by atoms with Crippen LogP contribution in [0.2, 0.25) is 0 Å². The average molecular weight is 314 g/mol. The zero-order valence-electron chi connectivity index (χ0n) is 8.46. The van der Waals surface area contributed by atoms with Crippen molar-refractivity contribution in [3.8, 4) is 0 Å². The summed E-state index contributed by atoms with van der Waals surface area (Å²) in [6, 6.07) is 4.16. The van der Waals surface area contributed by atoms with E-state index in [0.717, 1.165) is 22.2 Å². The Morgan fingerprint density at radius 1 is 1.47 bits per heavy atom. The first-order valence-electron chi connectivity index (χ1n) is 5.05. The van der Waals surface area contributed by atoms with Crippen molar-refractivity contribution in [1.29, 1.82) is 0 Å². The monoisotopic (exact) mass is 314 g/mol. The van der Waals surface area contributed by atoms with Gasteiger partial charge >= 0.3 is 0 Å². The molecule has 0 radical (unpaired) electrons. The van der Waals surface area contributed by atoms with E-state index in [9.17, 15) is 0 Å². The zero-order chi connectivity index (χ0) is 10.4. The van der Waals surface area contributed by atoms with Gasteiger partial charge in [-0.2, -0.15) is 0 Å². The van der Waals surface area contributed by atoms with Crippen molar-refractivity contribution in [2.45, 2.75) is 12.8 Å². The van der Waals surface area contributed by atoms with Crippen LogP contribution in [-0.2, 0) is 6.42 Å². The summed E-state index contributed by atoms with van der Waals surface area (Å²) in [5, 5.41) is 5.23. The predicted molar refractivity (Wildman–Crippen MR) is 68.3 cm³/mol. The molecule has 2 heterocycles. The number of nitrogens with zero attached hydrogens (tertiary/aromatic N) is 2. The number of hydrogen-bond donors (Lipinski definition) is 0. The second kappa shape index (κ2) is 3.37. The summed E-state index contributed by atoms with van der Waals surface area (Å²) in [6.45, 7) is 1.14. The Morgan fingerprint density at radius 2 is 2.33 bits per heavy atom. The van der Waals surface area contributed by atoms with Crippen LogP contribution in [0.4, 0.5) is 5.69 Å². The van der Waals surface area contributed by atoms with Crippen molar-refractivity contribution < 1.29 is 4.52 Å². The van der Waals surface area contributed by atoms with E-state index in [1.165, 1.54) is 23.1 Å². The maximum Gasteiger partial charge on any atom is 0.168 e. The Kier molecular flexibility index (Phi) is 2.12. The van der Waals surface area contributed by atoms with Gasteiger partial charge in [-0.15, -0.1) is 0 Å². The lowest BCUT2D eigenvalue weighted by atomic mass is 9.99. The van der Waals surface area contributed by atoms with Crippen molar-refractivity contribution in [3.63, 3.8) is 0 Å². The second-order valence-corrected chi connectivity index (χ2v) is 4.96. The second-order valence-electron chi connectivity index (χ2n) is 3.93. The minimum absolute atomic E-state index is 0.911. The third-order valence-electron chi connectivity index (χ3n) is 3.01. The summed E-state index contributed by atoms with van der Waals surface area (Å²) in [5.41, 5.74) is 3.63. The largest absolute Gasteiger partial charge is 0.374 e. The highest BCUT2D eigenvalue weighted by molar-refractivity contribution is 14.1. The van der Waals surface area contributed by atoms with Gasteiger partial charge in [-0.1, -0.05) is 5.16 Å². The summed E-state index contributed by atoms with van der Waals surface area (Å²) in [4.78, 5) is 2.31. The lowest BCUT2D eigenvalue weighted by Crippen LogP contribution is -2.24. The van der Waals surface area contributed by atoms with E-state index >= 15 is 0 Å². The van der Waals surface area contributed by atoms with Crippen LogP contribution in [0.5, 0.6) is 0 Å². The van der Waals surface area contributed by atoms with Crippen LogP contribution < -0.4 is 4.90 Å². The Labute approximate surface area is 102 Å². The molecule has 0 amide bonds. The van der Waals surface area contributed by atoms with Crippen LogP contribution in [0.1, 0.15) is 12.0 Å². The molecule has 0 bridgehead atoms. The van der Waals surface area contributed by atoms with Crippen LogP contribution in [0.3, 0.4) is 0 Å². The van der Waals surface area contributed by atoms with Gasteiger partial charge in [-0.05, 0) is 53.1 Å². The summed E-state index contributed by atoms with van der Waals surface area (Å²) >= 11 is 2.24. The van der Waals surface area contributed by atoms with Gasteiger partial charge in [0, 0.05) is 19.3 Å². The number of hydrogen-bond acceptors (Lipinski definition) is 3. The van der Waals surface area contributed by atoms with Crippen LogP contribution in [0, 0.1) is 3.70 Å². The van der Waals surface area contributed by atoms with E-state index in [-0.39, 0.29) is 0 Å². The minimum Gasteiger partial charge on any atom is -0.374 e. The van der Waals surface area contributed by atoms with Gasteiger partial charge < -0.3 is 9.42 Å². The molecule has 0 atom stereocenters. The van der Waals surface area contributed by atoms with Gasteiger partial charge in [-0.25, -0.2) is 0 Å². The summed E-state index contributed by atoms with van der Waals surface area (Å²) in [5.74, 6) is 0. The van der Waals surface area contributed by atoms with Crippen LogP contribution in [-0.4, -0.2) is 18.7 Å². The highest BCUT2D eigenvalue weighted by Crippen LogP contribution is 2.34. The first-order chi connectivity index (χ1) is 7.27. The molecular formula is C11H11IN2O. The molecule has 15 heavy (non-hydrogen) atoms. The van der Waals surface area contributed by atoms with Gasteiger partial charge in [0.05, 0.1) is 5.39 Å². The molecule has 1 aromatic heterocycles. The fraction of sp³-hybridized carbons (Fsp3) is 0.364. The minimum atomic E-state index is 0.911. The van der Waals surface area contributed by atoms with Crippen molar-refractivity contribution in [2.75, 3.05) is 18.5 Å². The molecule has 4 heteroatoms. The Bertz CT molecular complexity index is 521. The fourth-order valence-corrected chi connectivity index (χ4v) is 2.97. The van der Waals surface area contributed by atoms with E-state index in [2.05, 4.69) is 45.8 Å². The van der Waals surface area contributed by atoms with Crippen molar-refractivity contribution in [1.82, 2.24) is 5.16 Å². The molecule has 2 aromatic rings. The predicted octanol–water partition coefficient (Wildman–Crippen LogP) is 2.81. The van der Waals surface area contributed by atoms with E-state index in [1.54, 1.807) is 0 Å². The molecule has 0 aliphatic carbocycles. The summed E-state index contributed by atoms with van der Waals surface area (Å²) in [7, 11) is 2.14. The van der Waals surface area contributed by atoms with E-state index < -0.39 is 0 Å². The van der Waals surface area contributed by atoms with Gasteiger partial charge in [0.1, 0.15) is 0 Å². The Balaban J connectivity index is 2.36. The Hall–Kier alpha value is -0.780. The smallest absolute Gasteiger partial charge is 0.168 e. The molecule has 78 valence electrons. The highest BCUT2D eigenvalue weighted by Gasteiger charge is 2.19. The quantitative estimate of drug-likeness (QED) is 0.700. The molecular weight excluding hydrogens is 303 g/mol. The van der Waals surface area contributed by atoms with Crippen LogP contribution in [0.15, 0.2) is 16.7 Å². The lowest BCUT2D eigenvalue weighted by molar-refractivity contribution is 0.450. The number of anilines is 1. The van der Waals surface area contributed by atoms with E-state index in [4.69, 9.17) is 4.52 Å². The van der Waals surface area contributed by atoms with Crippen LogP contribution >= 0.6 is 22.6 Å². The molecule has 0 N–H and O–H groups in total. The molecule has 0 saturated heterocycles. The molecule has 0 spiro atoms. The molecule has 3 rings (SSSR count). The van der Waals surface area contributed by atoms with Gasteiger partial charge in [0.2, 0.25) is 0 Å². The SMILES string of the molecule is CN1CCCc2c1ccc1onc(I)c21. The lowest BCUT2D eigenvalue weighted by Gasteiger charge is -2.27. The summed E-state index contributed by atoms with van der Waals surface area (Å²) in [6.07, 6.45) is 2.35. The maximum absolute atomic E-state index is 5.27. The molecule has 1 aliphatic heterocycles. The molecule has 1 aromatic carbocycles. The van der Waals surface area contributed by atoms with Gasteiger partial charge in [-0.3, -0.25) is 0 Å². The third kappa shape index (κ3) is 1.34. The molecule has 0 fully saturated rings. The molecule has 3 nitrogen and oxygen atoms in total. The topological polar surface area (TPSA) is 29.3 Å². The molecule has 0 saturated carbocycles. The van der Waals surface area contributed by atoms with Gasteiger partial charge in [0.25, 0.3) is 0 Å². The number of aromatic nitrogens is 1. The van der Waals surface area contributed by atoms with Crippen molar-refractivity contribution in [3.05, 3.63) is 21.4 Å². The first kappa shape index (κ1) is 9.45. The Morgan fingerprint density at radius 3 is 3.20 bits per heavy atom. The van der Waals surface area contributed by atoms with Crippen molar-refractivity contribution in [2.24, 2.45) is 0 Å². The number of fused-ring (bicyclic) bond motifs is 3. The number of benzene rings is 1. The van der Waals surface area contributed by atoms with Crippen molar-refractivity contribution >= 4 is 39.2 Å². The maximum atomic E-state index is 5.27. The first-order valence-corrected chi connectivity index (χ1v) is 6.13. The fourth-order valence-electron chi connectivity index (χ4n) is 2.28. The van der Waals surface area contributed by atoms with E-state index in [1.807, 2.05) is 6.07 Å². The van der Waals surface area contributed by atoms with Crippen LogP contribution in [0.25, 0.3) is 11.0 Å². The highest BCUT2D eigenvalue weighted by atomic mass is 127. The average Bonchev–Trinajstić information content (AvgIpc) is 2.61. The molecule has 1 aliphatic rings. The summed E-state index contributed by atoms with van der Waals surface area (Å²) < 4.78 is 6.26. The number of halogens is 1. The standard InChI is InChI=1S/C11H11IN2O/c1-14-6-2-3-7-8(14)4-5-9-10(7)11(12)13-15-9/h4-5H,2-3,6H2,1H3. The van der Waals surface area contributed by atoms with E-state index in [0.29, 0.717) is 0 Å². The number of rotatable bonds is 0. The van der Waals surface area contributed by atoms with Gasteiger partial charge in [0.15, 0.2) is 9.28 Å². The zero-order valence-corrected chi connectivity index (χ0v) is 10.6. The molecule has 0 unspecified atom stereocenters.